The van der Waals surface area contributed by atoms with Crippen LogP contribution in [0, 0.1) is 13.8 Å². The molecule has 0 radical (unpaired) electrons. The fourth-order valence-electron chi connectivity index (χ4n) is 3.90. The molecular formula is C26H26N2O4S2. The molecule has 3 aromatic carbocycles. The van der Waals surface area contributed by atoms with Crippen molar-refractivity contribution in [2.24, 2.45) is 0 Å². The first-order chi connectivity index (χ1) is 16.2. The monoisotopic (exact) mass is 494 g/mol. The average Bonchev–Trinajstić information content (AvgIpc) is 3.22. The smallest absolute Gasteiger partial charge is 0.265 e. The first-order valence-electron chi connectivity index (χ1n) is 10.8. The van der Waals surface area contributed by atoms with Crippen molar-refractivity contribution in [2.75, 3.05) is 23.3 Å². The number of fused-ring (bicyclic) bond motifs is 1. The predicted octanol–water partition coefficient (Wildman–Crippen LogP) is 5.99. The van der Waals surface area contributed by atoms with Gasteiger partial charge in [0.25, 0.3) is 15.9 Å². The first kappa shape index (κ1) is 23.8. The van der Waals surface area contributed by atoms with Crippen molar-refractivity contribution < 1.29 is 17.9 Å². The molecule has 0 unspecified atom stereocenters. The van der Waals surface area contributed by atoms with Crippen molar-refractivity contribution in [2.45, 2.75) is 25.7 Å². The standard InChI is InChI=1S/C26H26N2O4S2/c1-5-28(34(30,31)23-9-7-22(32-4)8-10-23)21-6-11-24-19(15-21)16-25(33-24)26(29)27-20-13-17(2)12-18(3)14-20/h6-16H,5H2,1-4H3,(H,27,29). The molecule has 6 nitrogen and oxygen atoms in total. The van der Waals surface area contributed by atoms with Gasteiger partial charge in [-0.3, -0.25) is 9.10 Å². The maximum atomic E-state index is 13.3. The molecule has 1 heterocycles. The lowest BCUT2D eigenvalue weighted by Gasteiger charge is -2.23. The summed E-state index contributed by atoms with van der Waals surface area (Å²) in [5.74, 6) is 0.402. The second-order valence-corrected chi connectivity index (χ2v) is 11.0. The minimum absolute atomic E-state index is 0.189. The van der Waals surface area contributed by atoms with Crippen LogP contribution in [0.2, 0.25) is 0 Å². The van der Waals surface area contributed by atoms with Crippen LogP contribution < -0.4 is 14.4 Å². The van der Waals surface area contributed by atoms with Crippen LogP contribution in [0.15, 0.2) is 71.6 Å². The molecule has 0 aliphatic heterocycles. The molecule has 0 fully saturated rings. The molecule has 0 aliphatic carbocycles. The van der Waals surface area contributed by atoms with Crippen LogP contribution in [-0.2, 0) is 10.0 Å². The van der Waals surface area contributed by atoms with E-state index < -0.39 is 10.0 Å². The summed E-state index contributed by atoms with van der Waals surface area (Å²) in [6, 6.07) is 19.5. The van der Waals surface area contributed by atoms with Crippen LogP contribution in [0.3, 0.4) is 0 Å². The number of thiophene rings is 1. The maximum absolute atomic E-state index is 13.3. The van der Waals surface area contributed by atoms with Crippen LogP contribution in [0.5, 0.6) is 5.75 Å². The molecule has 34 heavy (non-hydrogen) atoms. The van der Waals surface area contributed by atoms with Gasteiger partial charge >= 0.3 is 0 Å². The van der Waals surface area contributed by atoms with E-state index in [-0.39, 0.29) is 17.3 Å². The molecule has 0 saturated heterocycles. The third kappa shape index (κ3) is 4.78. The van der Waals surface area contributed by atoms with Crippen molar-refractivity contribution in [1.29, 1.82) is 0 Å². The summed E-state index contributed by atoms with van der Waals surface area (Å²) in [6.45, 7) is 6.04. The number of nitrogens with one attached hydrogen (secondary N) is 1. The zero-order chi connectivity index (χ0) is 24.5. The number of carbonyl (C=O) groups is 1. The quantitative estimate of drug-likeness (QED) is 0.342. The summed E-state index contributed by atoms with van der Waals surface area (Å²) in [5, 5.41) is 3.78. The lowest BCUT2D eigenvalue weighted by Crippen LogP contribution is -2.30. The van der Waals surface area contributed by atoms with Gasteiger partial charge in [0, 0.05) is 16.9 Å². The number of hydrogen-bond donors (Lipinski definition) is 1. The van der Waals surface area contributed by atoms with Crippen LogP contribution in [-0.4, -0.2) is 28.0 Å². The van der Waals surface area contributed by atoms with E-state index in [1.54, 1.807) is 31.2 Å². The third-order valence-corrected chi connectivity index (χ3v) is 8.46. The lowest BCUT2D eigenvalue weighted by molar-refractivity contribution is 0.103. The SMILES string of the molecule is CCN(c1ccc2sc(C(=O)Nc3cc(C)cc(C)c3)cc2c1)S(=O)(=O)c1ccc(OC)cc1. The second-order valence-electron chi connectivity index (χ2n) is 8.01. The van der Waals surface area contributed by atoms with Crippen LogP contribution in [0.4, 0.5) is 11.4 Å². The first-order valence-corrected chi connectivity index (χ1v) is 13.1. The number of methoxy groups -OCH3 is 1. The second kappa shape index (κ2) is 9.48. The van der Waals surface area contributed by atoms with Crippen molar-refractivity contribution in [3.8, 4) is 5.75 Å². The number of carbonyl (C=O) groups excluding carboxylic acids is 1. The van der Waals surface area contributed by atoms with Gasteiger partial charge in [-0.1, -0.05) is 6.07 Å². The van der Waals surface area contributed by atoms with Gasteiger partial charge in [-0.25, -0.2) is 8.42 Å². The van der Waals surface area contributed by atoms with Crippen molar-refractivity contribution in [1.82, 2.24) is 0 Å². The van der Waals surface area contributed by atoms with Crippen LogP contribution in [0.25, 0.3) is 10.1 Å². The van der Waals surface area contributed by atoms with Crippen LogP contribution in [0.1, 0.15) is 27.7 Å². The number of ether oxygens (including phenoxy) is 1. The molecular weight excluding hydrogens is 468 g/mol. The molecule has 0 spiro atoms. The molecule has 0 bridgehead atoms. The molecule has 0 atom stereocenters. The largest absolute Gasteiger partial charge is 0.497 e. The van der Waals surface area contributed by atoms with Gasteiger partial charge in [-0.05, 0) is 97.9 Å². The number of hydrogen-bond acceptors (Lipinski definition) is 5. The van der Waals surface area contributed by atoms with E-state index in [1.807, 2.05) is 38.1 Å². The summed E-state index contributed by atoms with van der Waals surface area (Å²) in [7, 11) is -2.22. The van der Waals surface area contributed by atoms with Crippen molar-refractivity contribution in [3.05, 3.63) is 82.7 Å². The van der Waals surface area contributed by atoms with E-state index in [4.69, 9.17) is 4.74 Å². The highest BCUT2D eigenvalue weighted by Gasteiger charge is 2.24. The van der Waals surface area contributed by atoms with Gasteiger partial charge in [-0.2, -0.15) is 0 Å². The minimum Gasteiger partial charge on any atom is -0.497 e. The molecule has 1 aromatic heterocycles. The Morgan fingerprint density at radius 2 is 1.65 bits per heavy atom. The highest BCUT2D eigenvalue weighted by molar-refractivity contribution is 7.92. The number of sulfonamides is 1. The van der Waals surface area contributed by atoms with E-state index in [9.17, 15) is 13.2 Å². The zero-order valence-electron chi connectivity index (χ0n) is 19.5. The number of anilines is 2. The Bertz CT molecular complexity index is 1440. The Balaban J connectivity index is 1.63. The Hall–Kier alpha value is -3.36. The van der Waals surface area contributed by atoms with Gasteiger partial charge < -0.3 is 10.1 Å². The molecule has 0 saturated carbocycles. The zero-order valence-corrected chi connectivity index (χ0v) is 21.1. The van der Waals surface area contributed by atoms with Gasteiger partial charge in [0.2, 0.25) is 0 Å². The van der Waals surface area contributed by atoms with Crippen molar-refractivity contribution in [3.63, 3.8) is 0 Å². The summed E-state index contributed by atoms with van der Waals surface area (Å²) < 4.78 is 34.0. The Kier molecular flexibility index (Phi) is 6.63. The Morgan fingerprint density at radius 1 is 0.971 bits per heavy atom. The molecule has 4 rings (SSSR count). The highest BCUT2D eigenvalue weighted by atomic mass is 32.2. The lowest BCUT2D eigenvalue weighted by atomic mass is 10.1. The van der Waals surface area contributed by atoms with Crippen molar-refractivity contribution >= 4 is 48.7 Å². The molecule has 1 N–H and O–H groups in total. The number of rotatable bonds is 7. The molecule has 4 aromatic rings. The van der Waals surface area contributed by atoms with E-state index in [0.29, 0.717) is 16.3 Å². The van der Waals surface area contributed by atoms with Gasteiger partial charge in [0.05, 0.1) is 22.6 Å². The van der Waals surface area contributed by atoms with E-state index in [2.05, 4.69) is 11.4 Å². The van der Waals surface area contributed by atoms with Crippen LogP contribution >= 0.6 is 11.3 Å². The third-order valence-electron chi connectivity index (χ3n) is 5.43. The Labute approximate surface area is 203 Å². The average molecular weight is 495 g/mol. The fourth-order valence-corrected chi connectivity index (χ4v) is 6.31. The summed E-state index contributed by atoms with van der Waals surface area (Å²) in [6.07, 6.45) is 0. The van der Waals surface area contributed by atoms with Gasteiger partial charge in [-0.15, -0.1) is 11.3 Å². The van der Waals surface area contributed by atoms with E-state index in [1.165, 1.54) is 34.9 Å². The number of amides is 1. The van der Waals surface area contributed by atoms with E-state index >= 15 is 0 Å². The predicted molar refractivity (Wildman–Crippen MR) is 139 cm³/mol. The topological polar surface area (TPSA) is 75.7 Å². The number of aryl methyl sites for hydroxylation is 2. The molecule has 176 valence electrons. The maximum Gasteiger partial charge on any atom is 0.265 e. The highest BCUT2D eigenvalue weighted by Crippen LogP contribution is 2.32. The minimum atomic E-state index is -3.75. The summed E-state index contributed by atoms with van der Waals surface area (Å²) >= 11 is 1.38. The molecule has 8 heteroatoms. The van der Waals surface area contributed by atoms with Gasteiger partial charge in [0.15, 0.2) is 0 Å². The summed E-state index contributed by atoms with van der Waals surface area (Å²) in [5.41, 5.74) is 3.45. The van der Waals surface area contributed by atoms with Gasteiger partial charge in [0.1, 0.15) is 5.75 Å². The molecule has 1 amide bonds. The molecule has 0 aliphatic rings. The normalized spacial score (nSPS) is 11.4. The fraction of sp³-hybridized carbons (Fsp3) is 0.192. The summed E-state index contributed by atoms with van der Waals surface area (Å²) in [4.78, 5) is 13.6. The number of nitrogens with zero attached hydrogens (tertiary/aromatic N) is 1. The Morgan fingerprint density at radius 3 is 2.26 bits per heavy atom. The number of benzene rings is 3. The van der Waals surface area contributed by atoms with E-state index in [0.717, 1.165) is 26.9 Å².